The predicted molar refractivity (Wildman–Crippen MR) is 119 cm³/mol. The number of hydrogen-bond acceptors (Lipinski definition) is 6. The monoisotopic (exact) mass is 472 g/mol. The number of nitrogens with zero attached hydrogens (tertiary/aromatic N) is 2. The molecule has 10 heteroatoms. The smallest absolute Gasteiger partial charge is 0.331 e. The van der Waals surface area contributed by atoms with Gasteiger partial charge in [0.15, 0.2) is 6.04 Å². The zero-order valence-corrected chi connectivity index (χ0v) is 18.7. The number of benzene rings is 3. The van der Waals surface area contributed by atoms with Gasteiger partial charge in [0.25, 0.3) is 20.0 Å². The van der Waals surface area contributed by atoms with Crippen LogP contribution < -0.4 is 8.61 Å². The molecule has 8 nitrogen and oxygen atoms in total. The van der Waals surface area contributed by atoms with Gasteiger partial charge < -0.3 is 4.74 Å². The number of hydrogen-bond donors (Lipinski definition) is 0. The number of carbonyl (C=O) groups is 1. The molecule has 0 amide bonds. The summed E-state index contributed by atoms with van der Waals surface area (Å²) >= 11 is 0. The van der Waals surface area contributed by atoms with Gasteiger partial charge in [0.1, 0.15) is 0 Å². The highest BCUT2D eigenvalue weighted by molar-refractivity contribution is 7.93. The number of carbonyl (C=O) groups excluding carboxylic acids is 1. The van der Waals surface area contributed by atoms with Crippen LogP contribution in [0, 0.1) is 0 Å². The van der Waals surface area contributed by atoms with E-state index in [1.807, 2.05) is 0 Å². The van der Waals surface area contributed by atoms with Crippen LogP contribution in [0.25, 0.3) is 0 Å². The van der Waals surface area contributed by atoms with Crippen LogP contribution in [0.3, 0.4) is 0 Å². The van der Waals surface area contributed by atoms with Gasteiger partial charge in [-0.25, -0.2) is 25.9 Å². The molecule has 0 N–H and O–H groups in total. The quantitative estimate of drug-likeness (QED) is 0.529. The molecule has 1 atom stereocenters. The minimum Gasteiger partial charge on any atom is -0.467 e. The van der Waals surface area contributed by atoms with Crippen LogP contribution in [0.1, 0.15) is 0 Å². The first-order chi connectivity index (χ1) is 15.3. The molecule has 3 aromatic rings. The summed E-state index contributed by atoms with van der Waals surface area (Å²) in [5.74, 6) is -0.868. The number of rotatable bonds is 5. The molecule has 0 fully saturated rings. The van der Waals surface area contributed by atoms with E-state index in [0.717, 1.165) is 15.7 Å². The Bertz CT molecular complexity index is 1340. The maximum atomic E-state index is 13.6. The second kappa shape index (κ2) is 8.29. The number of ether oxygens (including phenoxy) is 1. The van der Waals surface area contributed by atoms with Gasteiger partial charge in [-0.2, -0.15) is 0 Å². The highest BCUT2D eigenvalue weighted by atomic mass is 32.2. The average Bonchev–Trinajstić information content (AvgIpc) is 2.83. The van der Waals surface area contributed by atoms with Crippen molar-refractivity contribution in [3.63, 3.8) is 0 Å². The van der Waals surface area contributed by atoms with Crippen LogP contribution in [0.15, 0.2) is 94.7 Å². The molecule has 1 heterocycles. The first-order valence-corrected chi connectivity index (χ1v) is 12.5. The third kappa shape index (κ3) is 3.61. The molecular formula is C22H20N2O6S2. The summed E-state index contributed by atoms with van der Waals surface area (Å²) in [6.07, 6.45) is 0. The van der Waals surface area contributed by atoms with Gasteiger partial charge in [0.05, 0.1) is 34.8 Å². The Morgan fingerprint density at radius 2 is 1.22 bits per heavy atom. The summed E-state index contributed by atoms with van der Waals surface area (Å²) in [5, 5.41) is 0. The third-order valence-corrected chi connectivity index (χ3v) is 8.75. The second-order valence-electron chi connectivity index (χ2n) is 6.99. The number of para-hydroxylation sites is 2. The number of anilines is 2. The summed E-state index contributed by atoms with van der Waals surface area (Å²) < 4.78 is 60.9. The predicted octanol–water partition coefficient (Wildman–Crippen LogP) is 2.63. The molecule has 0 bridgehead atoms. The van der Waals surface area contributed by atoms with E-state index in [1.54, 1.807) is 48.5 Å². The topological polar surface area (TPSA) is 101 Å². The van der Waals surface area contributed by atoms with Crippen LogP contribution in [-0.2, 0) is 29.6 Å². The van der Waals surface area contributed by atoms with Crippen molar-refractivity contribution in [2.75, 3.05) is 22.3 Å². The Labute approximate surface area is 186 Å². The first-order valence-electron chi connectivity index (χ1n) is 9.62. The molecule has 0 spiro atoms. The summed E-state index contributed by atoms with van der Waals surface area (Å²) in [6, 6.07) is 20.2. The Kier molecular flexibility index (Phi) is 5.66. The number of sulfonamides is 2. The van der Waals surface area contributed by atoms with E-state index in [-0.39, 0.29) is 21.2 Å². The fourth-order valence-electron chi connectivity index (χ4n) is 3.62. The number of esters is 1. The van der Waals surface area contributed by atoms with Crippen LogP contribution >= 0.6 is 0 Å². The van der Waals surface area contributed by atoms with Crippen molar-refractivity contribution in [2.24, 2.45) is 0 Å². The highest BCUT2D eigenvalue weighted by Gasteiger charge is 2.46. The molecule has 4 rings (SSSR count). The zero-order valence-electron chi connectivity index (χ0n) is 17.0. The highest BCUT2D eigenvalue weighted by Crippen LogP contribution is 2.41. The summed E-state index contributed by atoms with van der Waals surface area (Å²) in [6.45, 7) is -0.438. The van der Waals surface area contributed by atoms with Crippen LogP contribution in [0.4, 0.5) is 11.4 Å². The molecule has 1 unspecified atom stereocenters. The zero-order chi connectivity index (χ0) is 22.9. The summed E-state index contributed by atoms with van der Waals surface area (Å²) in [7, 11) is -7.15. The summed E-state index contributed by atoms with van der Waals surface area (Å²) in [4.78, 5) is 12.7. The van der Waals surface area contributed by atoms with Gasteiger partial charge >= 0.3 is 5.97 Å². The van der Waals surface area contributed by atoms with Crippen molar-refractivity contribution in [1.82, 2.24) is 0 Å². The fourth-order valence-corrected chi connectivity index (χ4v) is 6.75. The SMILES string of the molecule is COC(=O)C1CN(S(=O)(=O)c2ccccc2)c2ccccc2N1S(=O)(=O)c1ccccc1. The minimum atomic E-state index is -4.20. The number of methoxy groups -OCH3 is 1. The minimum absolute atomic E-state index is 0.0249. The molecule has 0 aromatic heterocycles. The van der Waals surface area contributed by atoms with Gasteiger partial charge in [0.2, 0.25) is 0 Å². The third-order valence-electron chi connectivity index (χ3n) is 5.11. The Hall–Kier alpha value is -3.37. The molecule has 166 valence electrons. The van der Waals surface area contributed by atoms with Gasteiger partial charge in [0, 0.05) is 0 Å². The molecule has 0 saturated carbocycles. The number of fused-ring (bicyclic) bond motifs is 1. The molecule has 0 aliphatic carbocycles. The molecule has 1 aliphatic rings. The fraction of sp³-hybridized carbons (Fsp3) is 0.136. The second-order valence-corrected chi connectivity index (χ2v) is 10.7. The van der Waals surface area contributed by atoms with E-state index in [4.69, 9.17) is 4.74 Å². The maximum Gasteiger partial charge on any atom is 0.331 e. The van der Waals surface area contributed by atoms with Crippen LogP contribution in [-0.4, -0.2) is 42.5 Å². The van der Waals surface area contributed by atoms with Crippen molar-refractivity contribution >= 4 is 37.4 Å². The van der Waals surface area contributed by atoms with E-state index in [2.05, 4.69) is 0 Å². The van der Waals surface area contributed by atoms with E-state index in [1.165, 1.54) is 36.4 Å². The maximum absolute atomic E-state index is 13.6. The Morgan fingerprint density at radius 3 is 1.75 bits per heavy atom. The lowest BCUT2D eigenvalue weighted by Gasteiger charge is -2.41. The lowest BCUT2D eigenvalue weighted by molar-refractivity contribution is -0.141. The van der Waals surface area contributed by atoms with E-state index >= 15 is 0 Å². The average molecular weight is 473 g/mol. The van der Waals surface area contributed by atoms with Gasteiger partial charge in [-0.3, -0.25) is 4.31 Å². The van der Waals surface area contributed by atoms with Crippen molar-refractivity contribution in [2.45, 2.75) is 15.8 Å². The van der Waals surface area contributed by atoms with Crippen LogP contribution in [0.2, 0.25) is 0 Å². The van der Waals surface area contributed by atoms with E-state index in [0.29, 0.717) is 0 Å². The molecule has 0 saturated heterocycles. The van der Waals surface area contributed by atoms with Crippen molar-refractivity contribution in [1.29, 1.82) is 0 Å². The van der Waals surface area contributed by atoms with E-state index in [9.17, 15) is 21.6 Å². The lowest BCUT2D eigenvalue weighted by atomic mass is 10.1. The first kappa shape index (κ1) is 21.8. The molecule has 3 aromatic carbocycles. The van der Waals surface area contributed by atoms with Crippen molar-refractivity contribution < 1.29 is 26.4 Å². The Morgan fingerprint density at radius 1 is 0.750 bits per heavy atom. The Balaban J connectivity index is 1.94. The largest absolute Gasteiger partial charge is 0.467 e. The van der Waals surface area contributed by atoms with Crippen molar-refractivity contribution in [3.05, 3.63) is 84.9 Å². The normalized spacial score (nSPS) is 16.3. The van der Waals surface area contributed by atoms with E-state index < -0.39 is 38.6 Å². The lowest BCUT2D eigenvalue weighted by Crippen LogP contribution is -2.56. The van der Waals surface area contributed by atoms with Crippen molar-refractivity contribution in [3.8, 4) is 0 Å². The molecule has 0 radical (unpaired) electrons. The van der Waals surface area contributed by atoms with Gasteiger partial charge in [-0.15, -0.1) is 0 Å². The van der Waals surface area contributed by atoms with Gasteiger partial charge in [-0.05, 0) is 36.4 Å². The molecular weight excluding hydrogens is 452 g/mol. The van der Waals surface area contributed by atoms with Crippen LogP contribution in [0.5, 0.6) is 0 Å². The molecule has 32 heavy (non-hydrogen) atoms. The standard InChI is InChI=1S/C22H20N2O6S2/c1-30-22(25)21-16-23(31(26,27)17-10-4-2-5-11-17)19-14-8-9-15-20(19)24(21)32(28,29)18-12-6-3-7-13-18/h2-15,21H,16H2,1H3. The summed E-state index contributed by atoms with van der Waals surface area (Å²) in [5.41, 5.74) is 0.216. The van der Waals surface area contributed by atoms with Gasteiger partial charge in [-0.1, -0.05) is 48.5 Å². The molecule has 1 aliphatic heterocycles.